The van der Waals surface area contributed by atoms with Gasteiger partial charge in [-0.05, 0) is 30.9 Å². The first-order valence-electron chi connectivity index (χ1n) is 6.67. The predicted octanol–water partition coefficient (Wildman–Crippen LogP) is 3.15. The van der Waals surface area contributed by atoms with Crippen molar-refractivity contribution in [2.75, 3.05) is 11.4 Å². The number of carbonyl (C=O) groups is 1. The fourth-order valence-corrected chi connectivity index (χ4v) is 3.04. The van der Waals surface area contributed by atoms with Crippen LogP contribution in [0.2, 0.25) is 0 Å². The molecule has 0 aliphatic carbocycles. The molecule has 0 spiro atoms. The summed E-state index contributed by atoms with van der Waals surface area (Å²) >= 11 is 4.45. The van der Waals surface area contributed by atoms with E-state index in [4.69, 9.17) is 0 Å². The molecule has 1 aliphatic rings. The zero-order valence-electron chi connectivity index (χ0n) is 11.4. The molecule has 1 heterocycles. The predicted molar refractivity (Wildman–Crippen MR) is 79.7 cm³/mol. The quantitative estimate of drug-likeness (QED) is 0.831. The SMILES string of the molecule is CCc1cc(C)cc(CC)c1N1CC(S)CC1=O. The normalized spacial score (nSPS) is 19.7. The van der Waals surface area contributed by atoms with Gasteiger partial charge >= 0.3 is 0 Å². The number of thiol groups is 1. The summed E-state index contributed by atoms with van der Waals surface area (Å²) in [5.74, 6) is 0.211. The minimum atomic E-state index is 0.174. The van der Waals surface area contributed by atoms with Gasteiger partial charge in [0, 0.05) is 18.2 Å². The van der Waals surface area contributed by atoms with E-state index in [-0.39, 0.29) is 11.2 Å². The Morgan fingerprint density at radius 3 is 2.22 bits per heavy atom. The van der Waals surface area contributed by atoms with Gasteiger partial charge < -0.3 is 4.90 Å². The highest BCUT2D eigenvalue weighted by molar-refractivity contribution is 7.81. The second-order valence-electron chi connectivity index (χ2n) is 5.00. The van der Waals surface area contributed by atoms with E-state index in [1.54, 1.807) is 0 Å². The van der Waals surface area contributed by atoms with Crippen molar-refractivity contribution in [3.63, 3.8) is 0 Å². The van der Waals surface area contributed by atoms with Gasteiger partial charge in [0.2, 0.25) is 5.91 Å². The number of anilines is 1. The summed E-state index contributed by atoms with van der Waals surface area (Å²) in [5.41, 5.74) is 4.99. The maximum Gasteiger partial charge on any atom is 0.228 e. The monoisotopic (exact) mass is 263 g/mol. The van der Waals surface area contributed by atoms with Crippen molar-refractivity contribution in [3.05, 3.63) is 28.8 Å². The molecule has 3 heteroatoms. The largest absolute Gasteiger partial charge is 0.311 e. The zero-order chi connectivity index (χ0) is 13.3. The Morgan fingerprint density at radius 1 is 1.28 bits per heavy atom. The molecule has 0 aromatic heterocycles. The molecule has 1 unspecified atom stereocenters. The van der Waals surface area contributed by atoms with Crippen LogP contribution in [-0.4, -0.2) is 17.7 Å². The van der Waals surface area contributed by atoms with Gasteiger partial charge in [0.25, 0.3) is 0 Å². The number of benzene rings is 1. The number of hydrogen-bond donors (Lipinski definition) is 1. The topological polar surface area (TPSA) is 20.3 Å². The Labute approximate surface area is 115 Å². The van der Waals surface area contributed by atoms with Gasteiger partial charge in [0.05, 0.1) is 5.69 Å². The molecule has 1 atom stereocenters. The van der Waals surface area contributed by atoms with Gasteiger partial charge in [0.15, 0.2) is 0 Å². The van der Waals surface area contributed by atoms with E-state index in [0.29, 0.717) is 6.42 Å². The first-order valence-corrected chi connectivity index (χ1v) is 7.19. The Morgan fingerprint density at radius 2 is 1.83 bits per heavy atom. The Bertz CT molecular complexity index is 445. The first kappa shape index (κ1) is 13.5. The summed E-state index contributed by atoms with van der Waals surface area (Å²) in [6, 6.07) is 4.40. The lowest BCUT2D eigenvalue weighted by Gasteiger charge is -2.23. The van der Waals surface area contributed by atoms with E-state index in [2.05, 4.69) is 45.5 Å². The Hall–Kier alpha value is -0.960. The van der Waals surface area contributed by atoms with Crippen LogP contribution in [-0.2, 0) is 17.6 Å². The molecule has 0 radical (unpaired) electrons. The van der Waals surface area contributed by atoms with Crippen LogP contribution in [0.25, 0.3) is 0 Å². The van der Waals surface area contributed by atoms with Gasteiger partial charge in [-0.2, -0.15) is 12.6 Å². The third kappa shape index (κ3) is 2.41. The number of carbonyl (C=O) groups excluding carboxylic acids is 1. The fraction of sp³-hybridized carbons (Fsp3) is 0.533. The lowest BCUT2D eigenvalue weighted by molar-refractivity contribution is -0.117. The van der Waals surface area contributed by atoms with E-state index in [1.807, 2.05) is 4.90 Å². The van der Waals surface area contributed by atoms with Crippen LogP contribution < -0.4 is 4.90 Å². The highest BCUT2D eigenvalue weighted by Crippen LogP contribution is 2.32. The lowest BCUT2D eigenvalue weighted by Crippen LogP contribution is -2.27. The minimum Gasteiger partial charge on any atom is -0.311 e. The first-order chi connectivity index (χ1) is 8.56. The van der Waals surface area contributed by atoms with Crippen molar-refractivity contribution >= 4 is 24.2 Å². The van der Waals surface area contributed by atoms with Crippen molar-refractivity contribution in [3.8, 4) is 0 Å². The summed E-state index contributed by atoms with van der Waals surface area (Å²) < 4.78 is 0. The summed E-state index contributed by atoms with van der Waals surface area (Å²) in [6.45, 7) is 7.16. The average Bonchev–Trinajstić information content (AvgIpc) is 2.66. The molecule has 1 aromatic rings. The maximum absolute atomic E-state index is 12.1. The lowest BCUT2D eigenvalue weighted by atomic mass is 9.99. The van der Waals surface area contributed by atoms with Crippen LogP contribution in [0, 0.1) is 6.92 Å². The van der Waals surface area contributed by atoms with E-state index in [0.717, 1.165) is 25.1 Å². The molecule has 1 saturated heterocycles. The van der Waals surface area contributed by atoms with E-state index < -0.39 is 0 Å². The van der Waals surface area contributed by atoms with Crippen LogP contribution >= 0.6 is 12.6 Å². The standard InChI is InChI=1S/C15H21NOS/c1-4-11-6-10(3)7-12(5-2)15(11)16-9-13(18)8-14(16)17/h6-7,13,18H,4-5,8-9H2,1-3H3. The van der Waals surface area contributed by atoms with Gasteiger partial charge in [-0.15, -0.1) is 0 Å². The van der Waals surface area contributed by atoms with Gasteiger partial charge in [-0.25, -0.2) is 0 Å². The van der Waals surface area contributed by atoms with Crippen molar-refractivity contribution in [2.24, 2.45) is 0 Å². The molecular formula is C15H21NOS. The number of nitrogens with zero attached hydrogens (tertiary/aromatic N) is 1. The third-order valence-electron chi connectivity index (χ3n) is 3.55. The Kier molecular flexibility index (Phi) is 4.00. The van der Waals surface area contributed by atoms with Crippen LogP contribution in [0.5, 0.6) is 0 Å². The Balaban J connectivity index is 2.51. The summed E-state index contributed by atoms with van der Waals surface area (Å²) in [5, 5.41) is 0.174. The summed E-state index contributed by atoms with van der Waals surface area (Å²) in [7, 11) is 0. The molecule has 1 amide bonds. The summed E-state index contributed by atoms with van der Waals surface area (Å²) in [4.78, 5) is 14.0. The minimum absolute atomic E-state index is 0.174. The third-order valence-corrected chi connectivity index (χ3v) is 3.89. The number of hydrogen-bond acceptors (Lipinski definition) is 2. The fourth-order valence-electron chi connectivity index (χ4n) is 2.72. The molecule has 1 aromatic carbocycles. The van der Waals surface area contributed by atoms with E-state index >= 15 is 0 Å². The smallest absolute Gasteiger partial charge is 0.228 e. The highest BCUT2D eigenvalue weighted by atomic mass is 32.1. The van der Waals surface area contributed by atoms with Crippen molar-refractivity contribution in [2.45, 2.75) is 45.3 Å². The molecule has 2 nitrogen and oxygen atoms in total. The van der Waals surface area contributed by atoms with Crippen molar-refractivity contribution in [1.82, 2.24) is 0 Å². The van der Waals surface area contributed by atoms with Crippen molar-refractivity contribution < 1.29 is 4.79 Å². The molecule has 1 fully saturated rings. The second-order valence-corrected chi connectivity index (χ2v) is 5.73. The molecule has 0 bridgehead atoms. The van der Waals surface area contributed by atoms with Crippen LogP contribution in [0.1, 0.15) is 37.0 Å². The van der Waals surface area contributed by atoms with Crippen LogP contribution in [0.15, 0.2) is 12.1 Å². The number of aryl methyl sites for hydroxylation is 3. The van der Waals surface area contributed by atoms with Crippen molar-refractivity contribution in [1.29, 1.82) is 0 Å². The van der Waals surface area contributed by atoms with E-state index in [9.17, 15) is 4.79 Å². The van der Waals surface area contributed by atoms with Crippen LogP contribution in [0.3, 0.4) is 0 Å². The van der Waals surface area contributed by atoms with Gasteiger partial charge in [0.1, 0.15) is 0 Å². The molecule has 1 aliphatic heterocycles. The molecular weight excluding hydrogens is 242 g/mol. The van der Waals surface area contributed by atoms with Gasteiger partial charge in [-0.3, -0.25) is 4.79 Å². The molecule has 0 N–H and O–H groups in total. The van der Waals surface area contributed by atoms with Crippen LogP contribution in [0.4, 0.5) is 5.69 Å². The second kappa shape index (κ2) is 5.35. The molecule has 98 valence electrons. The highest BCUT2D eigenvalue weighted by Gasteiger charge is 2.30. The zero-order valence-corrected chi connectivity index (χ0v) is 12.3. The molecule has 0 saturated carbocycles. The maximum atomic E-state index is 12.1. The molecule has 2 rings (SSSR count). The summed E-state index contributed by atoms with van der Waals surface area (Å²) in [6.07, 6.45) is 2.49. The van der Waals surface area contributed by atoms with E-state index in [1.165, 1.54) is 16.7 Å². The average molecular weight is 263 g/mol. The molecule has 18 heavy (non-hydrogen) atoms. The number of rotatable bonds is 3. The number of amides is 1. The van der Waals surface area contributed by atoms with Gasteiger partial charge in [-0.1, -0.05) is 31.5 Å².